The Labute approximate surface area is 172 Å². The van der Waals surface area contributed by atoms with Gasteiger partial charge in [-0.2, -0.15) is 0 Å². The molecule has 0 saturated carbocycles. The lowest BCUT2D eigenvalue weighted by Crippen LogP contribution is -2.24. The minimum absolute atomic E-state index is 0.0170. The minimum atomic E-state index is -1.07. The van der Waals surface area contributed by atoms with Gasteiger partial charge in [0.15, 0.2) is 24.0 Å². The quantitative estimate of drug-likeness (QED) is 0.704. The average molecular weight is 417 g/mol. The third kappa shape index (κ3) is 4.65. The summed E-state index contributed by atoms with van der Waals surface area (Å²) in [6, 6.07) is 10.8. The summed E-state index contributed by atoms with van der Waals surface area (Å²) in [7, 11) is 1.69. The fourth-order valence-corrected chi connectivity index (χ4v) is 3.41. The molecule has 1 atom stereocenters. The Balaban J connectivity index is 1.75. The van der Waals surface area contributed by atoms with Crippen LogP contribution in [0.5, 0.6) is 5.75 Å². The van der Waals surface area contributed by atoms with E-state index in [4.69, 9.17) is 14.7 Å². The number of rotatable bonds is 8. The number of hydrogen-bond acceptors (Lipinski definition) is 5. The molecule has 0 fully saturated rings. The largest absolute Gasteiger partial charge is 0.481 e. The van der Waals surface area contributed by atoms with Crippen molar-refractivity contribution in [1.82, 2.24) is 5.06 Å². The zero-order valence-corrected chi connectivity index (χ0v) is 16.5. The lowest BCUT2D eigenvalue weighted by molar-refractivity contribution is -0.137. The molecule has 0 saturated heterocycles. The molecule has 1 unspecified atom stereocenters. The molecule has 0 radical (unpaired) electrons. The highest BCUT2D eigenvalue weighted by Gasteiger charge is 2.36. The van der Waals surface area contributed by atoms with Gasteiger partial charge < -0.3 is 14.7 Å². The predicted octanol–water partition coefficient (Wildman–Crippen LogP) is 3.82. The number of nitrogens with zero attached hydrogens (tertiary/aromatic N) is 1. The first-order valence-electron chi connectivity index (χ1n) is 9.30. The highest BCUT2D eigenvalue weighted by Crippen LogP contribution is 2.37. The average Bonchev–Trinajstić information content (AvgIpc) is 3.00. The molecular weight excluding hydrogens is 396 g/mol. The summed E-state index contributed by atoms with van der Waals surface area (Å²) in [4.78, 5) is 29.0. The summed E-state index contributed by atoms with van der Waals surface area (Å²) >= 11 is 0. The van der Waals surface area contributed by atoms with E-state index in [1.807, 2.05) is 30.3 Å². The second-order valence-electron chi connectivity index (χ2n) is 6.91. The van der Waals surface area contributed by atoms with Crippen molar-refractivity contribution in [3.63, 3.8) is 0 Å². The van der Waals surface area contributed by atoms with Crippen molar-refractivity contribution in [2.24, 2.45) is 0 Å². The SMILES string of the molecule is CC1=C(C(=O)COc2c(F)cc(CCC(=O)O)cc2F)C(c2ccccc2)N(C)O1. The zero-order chi connectivity index (χ0) is 21.8. The fraction of sp³-hybridized carbons (Fsp3) is 0.273. The van der Waals surface area contributed by atoms with Crippen molar-refractivity contribution in [2.75, 3.05) is 13.7 Å². The Morgan fingerprint density at radius 2 is 1.80 bits per heavy atom. The van der Waals surface area contributed by atoms with Crippen molar-refractivity contribution >= 4 is 11.8 Å². The molecule has 30 heavy (non-hydrogen) atoms. The van der Waals surface area contributed by atoms with E-state index in [-0.39, 0.29) is 18.4 Å². The number of ether oxygens (including phenoxy) is 1. The second-order valence-corrected chi connectivity index (χ2v) is 6.91. The third-order valence-electron chi connectivity index (χ3n) is 4.75. The van der Waals surface area contributed by atoms with E-state index in [9.17, 15) is 18.4 Å². The molecule has 158 valence electrons. The number of Topliss-reactive ketones (excluding diaryl/α,β-unsaturated/α-hetero) is 1. The van der Waals surface area contributed by atoms with E-state index in [1.165, 1.54) is 5.06 Å². The molecule has 8 heteroatoms. The van der Waals surface area contributed by atoms with Crippen LogP contribution in [0.3, 0.4) is 0 Å². The van der Waals surface area contributed by atoms with Crippen LogP contribution in [0.15, 0.2) is 53.8 Å². The topological polar surface area (TPSA) is 76.1 Å². The number of aliphatic carboxylic acids is 1. The Hall–Kier alpha value is -3.26. The van der Waals surface area contributed by atoms with E-state index < -0.39 is 41.8 Å². The molecular formula is C22H21F2NO5. The van der Waals surface area contributed by atoms with Gasteiger partial charge in [-0.3, -0.25) is 9.59 Å². The Morgan fingerprint density at radius 3 is 2.40 bits per heavy atom. The molecule has 1 heterocycles. The van der Waals surface area contributed by atoms with Crippen molar-refractivity contribution in [3.05, 3.63) is 76.6 Å². The molecule has 0 aromatic heterocycles. The summed E-state index contributed by atoms with van der Waals surface area (Å²) in [5.41, 5.74) is 1.38. The van der Waals surface area contributed by atoms with E-state index >= 15 is 0 Å². The zero-order valence-electron chi connectivity index (χ0n) is 16.5. The van der Waals surface area contributed by atoms with Crippen molar-refractivity contribution in [3.8, 4) is 5.75 Å². The van der Waals surface area contributed by atoms with Crippen molar-refractivity contribution < 1.29 is 33.1 Å². The van der Waals surface area contributed by atoms with Gasteiger partial charge in [0.2, 0.25) is 5.78 Å². The normalized spacial score (nSPS) is 16.5. The van der Waals surface area contributed by atoms with Gasteiger partial charge in [-0.1, -0.05) is 30.3 Å². The number of carboxylic acids is 1. The number of carbonyl (C=O) groups is 2. The first kappa shape index (κ1) is 21.4. The third-order valence-corrected chi connectivity index (χ3v) is 4.75. The molecule has 6 nitrogen and oxygen atoms in total. The van der Waals surface area contributed by atoms with Gasteiger partial charge in [0.25, 0.3) is 0 Å². The molecule has 1 N–H and O–H groups in total. The number of carbonyl (C=O) groups excluding carboxylic acids is 1. The smallest absolute Gasteiger partial charge is 0.303 e. The van der Waals surface area contributed by atoms with Crippen molar-refractivity contribution in [1.29, 1.82) is 0 Å². The van der Waals surface area contributed by atoms with Crippen LogP contribution in [0.25, 0.3) is 0 Å². The van der Waals surface area contributed by atoms with E-state index in [0.717, 1.165) is 17.7 Å². The number of aryl methyl sites for hydroxylation is 1. The lowest BCUT2D eigenvalue weighted by Gasteiger charge is -2.20. The molecule has 1 aliphatic heterocycles. The van der Waals surface area contributed by atoms with Gasteiger partial charge in [0, 0.05) is 13.5 Å². The highest BCUT2D eigenvalue weighted by atomic mass is 19.1. The Kier molecular flexibility index (Phi) is 6.47. The maximum atomic E-state index is 14.3. The molecule has 0 spiro atoms. The van der Waals surface area contributed by atoms with Crippen LogP contribution in [0.1, 0.15) is 30.5 Å². The van der Waals surface area contributed by atoms with Crippen LogP contribution in [-0.4, -0.2) is 35.6 Å². The first-order chi connectivity index (χ1) is 14.3. The number of hydrogen-bond donors (Lipinski definition) is 1. The van der Waals surface area contributed by atoms with Crippen LogP contribution in [0.4, 0.5) is 8.78 Å². The molecule has 1 aliphatic rings. The maximum absolute atomic E-state index is 14.3. The number of allylic oxidation sites excluding steroid dienone is 1. The van der Waals surface area contributed by atoms with E-state index in [0.29, 0.717) is 11.3 Å². The number of hydroxylamine groups is 2. The molecule has 0 amide bonds. The number of halogens is 2. The number of benzene rings is 2. The van der Waals surface area contributed by atoms with Crippen LogP contribution in [-0.2, 0) is 20.8 Å². The molecule has 2 aromatic carbocycles. The standard InChI is InChI=1S/C22H21F2NO5/c1-13-20(21(25(2)30-13)15-6-4-3-5-7-15)18(26)12-29-22-16(23)10-14(11-17(22)24)8-9-19(27)28/h3-7,10-11,21H,8-9,12H2,1-2H3,(H,27,28). The van der Waals surface area contributed by atoms with Gasteiger partial charge in [-0.15, -0.1) is 5.06 Å². The fourth-order valence-electron chi connectivity index (χ4n) is 3.41. The van der Waals surface area contributed by atoms with Crippen LogP contribution in [0.2, 0.25) is 0 Å². The summed E-state index contributed by atoms with van der Waals surface area (Å²) in [6.45, 7) is 1.07. The van der Waals surface area contributed by atoms with Gasteiger partial charge >= 0.3 is 5.97 Å². The van der Waals surface area contributed by atoms with Crippen LogP contribution >= 0.6 is 0 Å². The van der Waals surface area contributed by atoms with Gasteiger partial charge in [0.05, 0.1) is 5.57 Å². The molecule has 3 rings (SSSR count). The molecule has 0 bridgehead atoms. The van der Waals surface area contributed by atoms with Gasteiger partial charge in [0.1, 0.15) is 11.8 Å². The minimum Gasteiger partial charge on any atom is -0.481 e. The number of likely N-dealkylation sites (N-methyl/N-ethyl adjacent to an activating group) is 1. The summed E-state index contributed by atoms with van der Waals surface area (Å²) < 4.78 is 33.7. The predicted molar refractivity (Wildman–Crippen MR) is 104 cm³/mol. The monoisotopic (exact) mass is 417 g/mol. The molecule has 2 aromatic rings. The summed E-state index contributed by atoms with van der Waals surface area (Å²) in [5, 5.41) is 10.2. The van der Waals surface area contributed by atoms with E-state index in [1.54, 1.807) is 14.0 Å². The second kappa shape index (κ2) is 9.04. The van der Waals surface area contributed by atoms with Crippen molar-refractivity contribution in [2.45, 2.75) is 25.8 Å². The number of carboxylic acid groups (broad SMARTS) is 1. The van der Waals surface area contributed by atoms with Crippen LogP contribution < -0.4 is 4.74 Å². The lowest BCUT2D eigenvalue weighted by atomic mass is 9.95. The Morgan fingerprint density at radius 1 is 1.17 bits per heavy atom. The Bertz CT molecular complexity index is 967. The highest BCUT2D eigenvalue weighted by molar-refractivity contribution is 5.98. The molecule has 0 aliphatic carbocycles. The van der Waals surface area contributed by atoms with E-state index in [2.05, 4.69) is 0 Å². The number of ketones is 1. The van der Waals surface area contributed by atoms with Gasteiger partial charge in [-0.05, 0) is 36.6 Å². The van der Waals surface area contributed by atoms with Crippen LogP contribution in [0, 0.1) is 11.6 Å². The summed E-state index contributed by atoms with van der Waals surface area (Å²) in [6.07, 6.45) is -0.268. The van der Waals surface area contributed by atoms with Gasteiger partial charge in [-0.25, -0.2) is 8.78 Å². The first-order valence-corrected chi connectivity index (χ1v) is 9.30. The summed E-state index contributed by atoms with van der Waals surface area (Å²) in [5.74, 6) is -3.79. The maximum Gasteiger partial charge on any atom is 0.303 e.